The van der Waals surface area contributed by atoms with Gasteiger partial charge in [0.1, 0.15) is 0 Å². The lowest BCUT2D eigenvalue weighted by Crippen LogP contribution is -2.39. The van der Waals surface area contributed by atoms with E-state index in [1.165, 1.54) is 0 Å². The number of rotatable bonds is 8. The van der Waals surface area contributed by atoms with Crippen molar-refractivity contribution in [2.45, 2.75) is 53.5 Å². The van der Waals surface area contributed by atoms with Crippen LogP contribution in [0.25, 0.3) is 0 Å². The molecule has 1 unspecified atom stereocenters. The summed E-state index contributed by atoms with van der Waals surface area (Å²) in [5, 5.41) is 6.26. The van der Waals surface area contributed by atoms with Crippen molar-refractivity contribution in [3.63, 3.8) is 0 Å². The number of carbonyl (C=O) groups excluding carboxylic acids is 1. The Morgan fingerprint density at radius 1 is 1.18 bits per heavy atom. The number of hydrogen-bond donors (Lipinski definition) is 2. The second-order valence-corrected chi connectivity index (χ2v) is 4.88. The Hall–Kier alpha value is -0.280. The average molecular weight is 265 g/mol. The Morgan fingerprint density at radius 2 is 1.76 bits per heavy atom. The molecule has 0 bridgehead atoms. The first-order chi connectivity index (χ1) is 7.51. The van der Waals surface area contributed by atoms with Gasteiger partial charge in [-0.25, -0.2) is 0 Å². The Labute approximate surface area is 113 Å². The van der Waals surface area contributed by atoms with E-state index in [4.69, 9.17) is 0 Å². The van der Waals surface area contributed by atoms with Gasteiger partial charge < -0.3 is 10.6 Å². The molecule has 0 aromatic heterocycles. The van der Waals surface area contributed by atoms with E-state index in [0.29, 0.717) is 24.3 Å². The predicted molar refractivity (Wildman–Crippen MR) is 76.6 cm³/mol. The van der Waals surface area contributed by atoms with Crippen LogP contribution in [0.15, 0.2) is 0 Å². The standard InChI is InChI=1S/C13H28N2O.ClH/c1-6-12(10(3)4)8-13(16)15-9-11(5)14-7-2;/h10-12,14H,6-9H2,1-5H3,(H,15,16);1H/t11-,12?;/m1./s1. The van der Waals surface area contributed by atoms with E-state index in [-0.39, 0.29) is 18.3 Å². The van der Waals surface area contributed by atoms with Crippen LogP contribution < -0.4 is 10.6 Å². The van der Waals surface area contributed by atoms with Crippen LogP contribution in [0.2, 0.25) is 0 Å². The van der Waals surface area contributed by atoms with Crippen molar-refractivity contribution in [2.75, 3.05) is 13.1 Å². The monoisotopic (exact) mass is 264 g/mol. The summed E-state index contributed by atoms with van der Waals surface area (Å²) in [5.74, 6) is 1.28. The highest BCUT2D eigenvalue weighted by molar-refractivity contribution is 5.85. The van der Waals surface area contributed by atoms with E-state index in [2.05, 4.69) is 45.3 Å². The summed E-state index contributed by atoms with van der Waals surface area (Å²) in [7, 11) is 0. The number of hydrogen-bond acceptors (Lipinski definition) is 2. The highest BCUT2D eigenvalue weighted by Crippen LogP contribution is 2.18. The van der Waals surface area contributed by atoms with Gasteiger partial charge in [-0.3, -0.25) is 4.79 Å². The first-order valence-corrected chi connectivity index (χ1v) is 6.51. The SMILES string of the molecule is CCN[C@H](C)CNC(=O)CC(CC)C(C)C.Cl. The zero-order valence-electron chi connectivity index (χ0n) is 11.9. The molecule has 1 amide bonds. The van der Waals surface area contributed by atoms with Crippen molar-refractivity contribution in [1.82, 2.24) is 10.6 Å². The molecule has 0 aromatic carbocycles. The van der Waals surface area contributed by atoms with Crippen LogP contribution in [0, 0.1) is 11.8 Å². The van der Waals surface area contributed by atoms with Crippen molar-refractivity contribution in [2.24, 2.45) is 11.8 Å². The molecule has 0 aromatic rings. The molecule has 0 fully saturated rings. The van der Waals surface area contributed by atoms with Gasteiger partial charge in [-0.1, -0.05) is 34.1 Å². The zero-order chi connectivity index (χ0) is 12.6. The van der Waals surface area contributed by atoms with Gasteiger partial charge in [0.05, 0.1) is 0 Å². The molecule has 2 N–H and O–H groups in total. The Kier molecular flexibility index (Phi) is 12.2. The lowest BCUT2D eigenvalue weighted by Gasteiger charge is -2.19. The van der Waals surface area contributed by atoms with Crippen LogP contribution in [-0.2, 0) is 4.79 Å². The largest absolute Gasteiger partial charge is 0.355 e. The van der Waals surface area contributed by atoms with Gasteiger partial charge in [-0.05, 0) is 25.3 Å². The van der Waals surface area contributed by atoms with Crippen LogP contribution in [-0.4, -0.2) is 25.0 Å². The van der Waals surface area contributed by atoms with Crippen molar-refractivity contribution < 1.29 is 4.79 Å². The summed E-state index contributed by atoms with van der Waals surface area (Å²) < 4.78 is 0. The van der Waals surface area contributed by atoms with Crippen LogP contribution >= 0.6 is 12.4 Å². The molecule has 17 heavy (non-hydrogen) atoms. The number of amides is 1. The first-order valence-electron chi connectivity index (χ1n) is 6.51. The molecular formula is C13H29ClN2O. The smallest absolute Gasteiger partial charge is 0.220 e. The molecule has 3 nitrogen and oxygen atoms in total. The van der Waals surface area contributed by atoms with Crippen LogP contribution in [0.5, 0.6) is 0 Å². The Morgan fingerprint density at radius 3 is 2.18 bits per heavy atom. The normalized spacial score (nSPS) is 14.0. The minimum Gasteiger partial charge on any atom is -0.355 e. The first kappa shape index (κ1) is 19.1. The molecule has 0 aliphatic heterocycles. The average Bonchev–Trinajstić information content (AvgIpc) is 2.23. The molecule has 4 heteroatoms. The molecule has 0 heterocycles. The summed E-state index contributed by atoms with van der Waals surface area (Å²) in [6.45, 7) is 12.3. The minimum atomic E-state index is 0. The maximum absolute atomic E-state index is 11.7. The lowest BCUT2D eigenvalue weighted by molar-refractivity contribution is -0.122. The summed E-state index contributed by atoms with van der Waals surface area (Å²) in [4.78, 5) is 11.7. The number of likely N-dealkylation sites (N-methyl/N-ethyl adjacent to an activating group) is 1. The maximum Gasteiger partial charge on any atom is 0.220 e. The second kappa shape index (κ2) is 10.8. The molecule has 0 spiro atoms. The third kappa shape index (κ3) is 9.42. The fourth-order valence-corrected chi connectivity index (χ4v) is 1.85. The van der Waals surface area contributed by atoms with E-state index in [1.54, 1.807) is 0 Å². The quantitative estimate of drug-likeness (QED) is 0.708. The number of nitrogens with one attached hydrogen (secondary N) is 2. The Bertz CT molecular complexity index is 198. The minimum absolute atomic E-state index is 0. The molecular weight excluding hydrogens is 236 g/mol. The van der Waals surface area contributed by atoms with Gasteiger partial charge in [0.2, 0.25) is 5.91 Å². The van der Waals surface area contributed by atoms with Gasteiger partial charge in [0.15, 0.2) is 0 Å². The fourth-order valence-electron chi connectivity index (χ4n) is 1.85. The van der Waals surface area contributed by atoms with Gasteiger partial charge in [-0.15, -0.1) is 12.4 Å². The number of halogens is 1. The van der Waals surface area contributed by atoms with Crippen LogP contribution in [0.1, 0.15) is 47.5 Å². The van der Waals surface area contributed by atoms with Gasteiger partial charge in [0, 0.05) is 19.0 Å². The van der Waals surface area contributed by atoms with E-state index >= 15 is 0 Å². The van der Waals surface area contributed by atoms with E-state index in [1.807, 2.05) is 0 Å². The number of carbonyl (C=O) groups is 1. The molecule has 0 aliphatic rings. The highest BCUT2D eigenvalue weighted by atomic mass is 35.5. The molecule has 2 atom stereocenters. The van der Waals surface area contributed by atoms with Crippen molar-refractivity contribution in [1.29, 1.82) is 0 Å². The zero-order valence-corrected chi connectivity index (χ0v) is 12.7. The van der Waals surface area contributed by atoms with E-state index in [9.17, 15) is 4.79 Å². The summed E-state index contributed by atoms with van der Waals surface area (Å²) in [6, 6.07) is 0.355. The summed E-state index contributed by atoms with van der Waals surface area (Å²) in [6.07, 6.45) is 1.74. The third-order valence-electron chi connectivity index (χ3n) is 3.07. The van der Waals surface area contributed by atoms with E-state index in [0.717, 1.165) is 19.5 Å². The summed E-state index contributed by atoms with van der Waals surface area (Å²) >= 11 is 0. The van der Waals surface area contributed by atoms with Gasteiger partial charge in [0.25, 0.3) is 0 Å². The van der Waals surface area contributed by atoms with Gasteiger partial charge in [-0.2, -0.15) is 0 Å². The molecule has 0 radical (unpaired) electrons. The highest BCUT2D eigenvalue weighted by Gasteiger charge is 2.15. The maximum atomic E-state index is 11.7. The van der Waals surface area contributed by atoms with Crippen molar-refractivity contribution >= 4 is 18.3 Å². The third-order valence-corrected chi connectivity index (χ3v) is 3.07. The van der Waals surface area contributed by atoms with Crippen LogP contribution in [0.4, 0.5) is 0 Å². The van der Waals surface area contributed by atoms with E-state index < -0.39 is 0 Å². The molecule has 104 valence electrons. The molecule has 0 saturated heterocycles. The molecule has 0 aliphatic carbocycles. The van der Waals surface area contributed by atoms with Gasteiger partial charge >= 0.3 is 0 Å². The summed E-state index contributed by atoms with van der Waals surface area (Å²) in [5.41, 5.74) is 0. The Balaban J connectivity index is 0. The molecule has 0 saturated carbocycles. The lowest BCUT2D eigenvalue weighted by atomic mass is 9.90. The van der Waals surface area contributed by atoms with Crippen molar-refractivity contribution in [3.8, 4) is 0 Å². The second-order valence-electron chi connectivity index (χ2n) is 4.88. The van der Waals surface area contributed by atoms with Crippen LogP contribution in [0.3, 0.4) is 0 Å². The van der Waals surface area contributed by atoms with Crippen molar-refractivity contribution in [3.05, 3.63) is 0 Å². The topological polar surface area (TPSA) is 41.1 Å². The predicted octanol–water partition coefficient (Wildman–Crippen LogP) is 2.59. The molecule has 0 rings (SSSR count). The fraction of sp³-hybridized carbons (Fsp3) is 0.923.